The molecule has 0 aliphatic heterocycles. The number of nitrogens with zero attached hydrogens (tertiary/aromatic N) is 5. The molecule has 0 radical (unpaired) electrons. The van der Waals surface area contributed by atoms with E-state index in [2.05, 4.69) is 20.5 Å². The number of ether oxygens (including phenoxy) is 1. The number of aromatic nitrogens is 5. The lowest BCUT2D eigenvalue weighted by Gasteiger charge is -2.15. The minimum Gasteiger partial charge on any atom is -0.468 e. The van der Waals surface area contributed by atoms with Gasteiger partial charge in [0.2, 0.25) is 5.88 Å². The molecule has 1 N–H and O–H groups in total. The third kappa shape index (κ3) is 4.14. The lowest BCUT2D eigenvalue weighted by atomic mass is 10.1. The number of aryl methyl sites for hydroxylation is 4. The summed E-state index contributed by atoms with van der Waals surface area (Å²) in [5, 5.41) is 12.8. The van der Waals surface area contributed by atoms with E-state index in [-0.39, 0.29) is 18.6 Å². The highest BCUT2D eigenvalue weighted by Gasteiger charge is 2.18. The quantitative estimate of drug-likeness (QED) is 0.519. The fraction of sp³-hybridized carbons (Fsp3) is 0.304. The standard InChI is InChI=1S/C23H26N6O2/c1-14-6-8-17(9-7-14)16(3)25-19(30)13-31-20-12-15(2)21-22(18-10-11-24-28(18)4)27-29(5)23(21)26-20/h6-12,16H,13H2,1-5H3,(H,25,30)/t16-/m0/s1. The van der Waals surface area contributed by atoms with Crippen LogP contribution in [-0.2, 0) is 18.9 Å². The van der Waals surface area contributed by atoms with Gasteiger partial charge in [0.15, 0.2) is 12.3 Å². The second-order valence-corrected chi connectivity index (χ2v) is 7.78. The molecule has 8 heteroatoms. The van der Waals surface area contributed by atoms with Crippen molar-refractivity contribution in [3.8, 4) is 17.3 Å². The number of carbonyl (C=O) groups excluding carboxylic acids is 1. The van der Waals surface area contributed by atoms with Gasteiger partial charge in [-0.25, -0.2) is 4.68 Å². The van der Waals surface area contributed by atoms with E-state index in [0.717, 1.165) is 27.9 Å². The fourth-order valence-electron chi connectivity index (χ4n) is 3.62. The van der Waals surface area contributed by atoms with Gasteiger partial charge in [0.25, 0.3) is 5.91 Å². The number of hydrogen-bond acceptors (Lipinski definition) is 5. The van der Waals surface area contributed by atoms with Gasteiger partial charge < -0.3 is 10.1 Å². The van der Waals surface area contributed by atoms with Gasteiger partial charge in [-0.05, 0) is 38.0 Å². The van der Waals surface area contributed by atoms with Crippen LogP contribution in [0.15, 0.2) is 42.6 Å². The molecule has 0 bridgehead atoms. The summed E-state index contributed by atoms with van der Waals surface area (Å²) >= 11 is 0. The lowest BCUT2D eigenvalue weighted by molar-refractivity contribution is -0.123. The van der Waals surface area contributed by atoms with Crippen molar-refractivity contribution in [2.45, 2.75) is 26.8 Å². The molecule has 3 heterocycles. The highest BCUT2D eigenvalue weighted by atomic mass is 16.5. The van der Waals surface area contributed by atoms with Gasteiger partial charge in [-0.1, -0.05) is 29.8 Å². The molecule has 3 aromatic heterocycles. The molecule has 0 spiro atoms. The normalized spacial score (nSPS) is 12.2. The second kappa shape index (κ2) is 8.22. The van der Waals surface area contributed by atoms with Gasteiger partial charge in [-0.15, -0.1) is 0 Å². The molecule has 0 saturated heterocycles. The molecular weight excluding hydrogens is 392 g/mol. The van der Waals surface area contributed by atoms with E-state index >= 15 is 0 Å². The smallest absolute Gasteiger partial charge is 0.258 e. The number of fused-ring (bicyclic) bond motifs is 1. The predicted octanol–water partition coefficient (Wildman–Crippen LogP) is 3.24. The monoisotopic (exact) mass is 418 g/mol. The molecule has 0 saturated carbocycles. The summed E-state index contributed by atoms with van der Waals surface area (Å²) in [5.41, 5.74) is 5.63. The van der Waals surface area contributed by atoms with Crippen molar-refractivity contribution < 1.29 is 9.53 Å². The highest BCUT2D eigenvalue weighted by molar-refractivity contribution is 5.93. The first-order valence-electron chi connectivity index (χ1n) is 10.1. The minimum absolute atomic E-state index is 0.104. The topological polar surface area (TPSA) is 86.9 Å². The Hall–Kier alpha value is -3.68. The molecule has 160 valence electrons. The first-order valence-corrected chi connectivity index (χ1v) is 10.1. The van der Waals surface area contributed by atoms with Crippen LogP contribution < -0.4 is 10.1 Å². The summed E-state index contributed by atoms with van der Waals surface area (Å²) < 4.78 is 9.21. The van der Waals surface area contributed by atoms with Gasteiger partial charge >= 0.3 is 0 Å². The Morgan fingerprint density at radius 3 is 2.55 bits per heavy atom. The number of pyridine rings is 1. The molecule has 1 amide bonds. The largest absolute Gasteiger partial charge is 0.468 e. The number of hydrogen-bond donors (Lipinski definition) is 1. The zero-order chi connectivity index (χ0) is 22.1. The zero-order valence-electron chi connectivity index (χ0n) is 18.4. The van der Waals surface area contributed by atoms with Crippen molar-refractivity contribution in [1.82, 2.24) is 29.9 Å². The maximum absolute atomic E-state index is 12.4. The van der Waals surface area contributed by atoms with Crippen LogP contribution in [0.1, 0.15) is 29.7 Å². The lowest BCUT2D eigenvalue weighted by Crippen LogP contribution is -2.31. The third-order valence-electron chi connectivity index (χ3n) is 5.34. The van der Waals surface area contributed by atoms with Crippen molar-refractivity contribution in [2.24, 2.45) is 14.1 Å². The number of nitrogens with one attached hydrogen (secondary N) is 1. The van der Waals surface area contributed by atoms with Gasteiger partial charge in [0.1, 0.15) is 5.69 Å². The van der Waals surface area contributed by atoms with Crippen molar-refractivity contribution >= 4 is 16.9 Å². The average Bonchev–Trinajstić information content (AvgIpc) is 3.30. The maximum atomic E-state index is 12.4. The molecule has 0 aliphatic rings. The van der Waals surface area contributed by atoms with Crippen molar-refractivity contribution in [3.63, 3.8) is 0 Å². The highest BCUT2D eigenvalue weighted by Crippen LogP contribution is 2.30. The molecule has 1 aromatic carbocycles. The van der Waals surface area contributed by atoms with Crippen LogP contribution in [0.2, 0.25) is 0 Å². The Labute approximate surface area is 180 Å². The van der Waals surface area contributed by atoms with Crippen LogP contribution >= 0.6 is 0 Å². The number of rotatable bonds is 6. The van der Waals surface area contributed by atoms with E-state index in [1.54, 1.807) is 15.6 Å². The fourth-order valence-corrected chi connectivity index (χ4v) is 3.62. The van der Waals surface area contributed by atoms with E-state index in [1.807, 2.05) is 71.3 Å². The summed E-state index contributed by atoms with van der Waals surface area (Å²) in [6, 6.07) is 11.7. The Bertz CT molecular complexity index is 1240. The number of amides is 1. The van der Waals surface area contributed by atoms with Crippen LogP contribution in [0.5, 0.6) is 5.88 Å². The van der Waals surface area contributed by atoms with Crippen molar-refractivity contribution in [1.29, 1.82) is 0 Å². The second-order valence-electron chi connectivity index (χ2n) is 7.78. The molecule has 0 unspecified atom stereocenters. The summed E-state index contributed by atoms with van der Waals surface area (Å²) in [6.07, 6.45) is 1.74. The molecular formula is C23H26N6O2. The number of carbonyl (C=O) groups is 1. The molecule has 4 rings (SSSR count). The molecule has 1 atom stereocenters. The minimum atomic E-state index is -0.201. The van der Waals surface area contributed by atoms with Crippen LogP contribution in [0.25, 0.3) is 22.4 Å². The summed E-state index contributed by atoms with van der Waals surface area (Å²) in [5.74, 6) is 0.191. The summed E-state index contributed by atoms with van der Waals surface area (Å²) in [6.45, 7) is 5.86. The first kappa shape index (κ1) is 20.6. The number of benzene rings is 1. The molecule has 0 aliphatic carbocycles. The SMILES string of the molecule is Cc1ccc([C@H](C)NC(=O)COc2cc(C)c3c(-c4ccnn4C)nn(C)c3n2)cc1. The zero-order valence-corrected chi connectivity index (χ0v) is 18.4. The van der Waals surface area contributed by atoms with Crippen LogP contribution in [0, 0.1) is 13.8 Å². The maximum Gasteiger partial charge on any atom is 0.258 e. The van der Waals surface area contributed by atoms with E-state index in [1.165, 1.54) is 5.56 Å². The molecule has 31 heavy (non-hydrogen) atoms. The Morgan fingerprint density at radius 1 is 1.13 bits per heavy atom. The Balaban J connectivity index is 1.49. The van der Waals surface area contributed by atoms with E-state index < -0.39 is 0 Å². The van der Waals surface area contributed by atoms with Crippen LogP contribution in [-0.4, -0.2) is 37.1 Å². The van der Waals surface area contributed by atoms with Gasteiger partial charge in [-0.2, -0.15) is 15.2 Å². The molecule has 4 aromatic rings. The van der Waals surface area contributed by atoms with Gasteiger partial charge in [-0.3, -0.25) is 9.48 Å². The summed E-state index contributed by atoms with van der Waals surface area (Å²) in [7, 11) is 3.72. The van der Waals surface area contributed by atoms with Gasteiger partial charge in [0.05, 0.1) is 17.1 Å². The Morgan fingerprint density at radius 2 is 1.87 bits per heavy atom. The predicted molar refractivity (Wildman–Crippen MR) is 119 cm³/mol. The molecule has 0 fully saturated rings. The van der Waals surface area contributed by atoms with Crippen LogP contribution in [0.3, 0.4) is 0 Å². The first-order chi connectivity index (χ1) is 14.8. The molecule has 8 nitrogen and oxygen atoms in total. The Kier molecular flexibility index (Phi) is 5.46. The van der Waals surface area contributed by atoms with E-state index in [4.69, 9.17) is 4.74 Å². The van der Waals surface area contributed by atoms with Crippen LogP contribution in [0.4, 0.5) is 0 Å². The average molecular weight is 419 g/mol. The van der Waals surface area contributed by atoms with Gasteiger partial charge in [0, 0.05) is 26.4 Å². The van der Waals surface area contributed by atoms with Crippen molar-refractivity contribution in [3.05, 3.63) is 59.3 Å². The summed E-state index contributed by atoms with van der Waals surface area (Å²) in [4.78, 5) is 17.0. The van der Waals surface area contributed by atoms with E-state index in [0.29, 0.717) is 11.5 Å². The van der Waals surface area contributed by atoms with Crippen molar-refractivity contribution in [2.75, 3.05) is 6.61 Å². The van der Waals surface area contributed by atoms with E-state index in [9.17, 15) is 4.79 Å². The third-order valence-corrected chi connectivity index (χ3v) is 5.34.